The van der Waals surface area contributed by atoms with Crippen molar-refractivity contribution in [1.82, 2.24) is 14.8 Å². The van der Waals surface area contributed by atoms with Crippen LogP contribution in [0, 0.1) is 0 Å². The molecule has 2 aliphatic heterocycles. The Hall–Kier alpha value is -1.62. The van der Waals surface area contributed by atoms with E-state index in [1.165, 1.54) is 0 Å². The molecule has 130 valence electrons. The van der Waals surface area contributed by atoms with Crippen LogP contribution in [0.1, 0.15) is 24.1 Å². The van der Waals surface area contributed by atoms with Crippen molar-refractivity contribution in [3.05, 3.63) is 63.9 Å². The quantitative estimate of drug-likeness (QED) is 0.815. The maximum Gasteiger partial charge on any atom is 0.224 e. The number of benzene rings is 1. The zero-order chi connectivity index (χ0) is 17.4. The van der Waals surface area contributed by atoms with Crippen LogP contribution in [0.3, 0.4) is 0 Å². The number of carbonyl (C=O) groups excluding carboxylic acids is 1. The molecule has 4 nitrogen and oxygen atoms in total. The first-order chi connectivity index (χ1) is 12.1. The van der Waals surface area contributed by atoms with Gasteiger partial charge < -0.3 is 4.90 Å². The van der Waals surface area contributed by atoms with Crippen molar-refractivity contribution in [1.29, 1.82) is 0 Å². The third kappa shape index (κ3) is 3.26. The predicted octanol–water partition coefficient (Wildman–Crippen LogP) is 3.76. The molecule has 1 amide bonds. The second-order valence-corrected chi connectivity index (χ2v) is 7.46. The highest BCUT2D eigenvalue weighted by Crippen LogP contribution is 2.36. The van der Waals surface area contributed by atoms with Crippen LogP contribution < -0.4 is 0 Å². The fraction of sp³-hybridized carbons (Fsp3) is 0.368. The van der Waals surface area contributed by atoms with E-state index in [2.05, 4.69) is 9.88 Å². The standard InChI is InChI=1S/C19H19Cl2N3O/c20-15-5-3-6-16(21)14(15)12-24-17-7-9-23(18(17)10-19(24)25)11-13-4-1-2-8-22-13/h1-6,8,17-18H,7,9-12H2/t17-,18-/m0/s1. The molecule has 4 rings (SSSR count). The van der Waals surface area contributed by atoms with Gasteiger partial charge in [0.2, 0.25) is 5.91 Å². The smallest absolute Gasteiger partial charge is 0.224 e. The van der Waals surface area contributed by atoms with Crippen molar-refractivity contribution in [2.75, 3.05) is 6.54 Å². The minimum absolute atomic E-state index is 0.178. The summed E-state index contributed by atoms with van der Waals surface area (Å²) in [5.41, 5.74) is 1.88. The summed E-state index contributed by atoms with van der Waals surface area (Å²) in [6, 6.07) is 11.9. The number of nitrogens with zero attached hydrogens (tertiary/aromatic N) is 3. The van der Waals surface area contributed by atoms with Gasteiger partial charge in [0.1, 0.15) is 0 Å². The van der Waals surface area contributed by atoms with Gasteiger partial charge in [-0.3, -0.25) is 14.7 Å². The van der Waals surface area contributed by atoms with E-state index in [0.29, 0.717) is 23.0 Å². The number of fused-ring (bicyclic) bond motifs is 1. The number of pyridine rings is 1. The molecule has 2 atom stereocenters. The van der Waals surface area contributed by atoms with Crippen LogP contribution in [0.25, 0.3) is 0 Å². The van der Waals surface area contributed by atoms with Crippen molar-refractivity contribution in [3.63, 3.8) is 0 Å². The molecule has 0 bridgehead atoms. The number of aromatic nitrogens is 1. The van der Waals surface area contributed by atoms with Gasteiger partial charge in [0.25, 0.3) is 0 Å². The Morgan fingerprint density at radius 2 is 1.84 bits per heavy atom. The summed E-state index contributed by atoms with van der Waals surface area (Å²) in [5, 5.41) is 1.24. The van der Waals surface area contributed by atoms with Crippen LogP contribution in [0.15, 0.2) is 42.6 Å². The van der Waals surface area contributed by atoms with E-state index >= 15 is 0 Å². The van der Waals surface area contributed by atoms with Crippen LogP contribution >= 0.6 is 23.2 Å². The molecule has 6 heteroatoms. The average molecular weight is 376 g/mol. The molecule has 1 aromatic heterocycles. The minimum Gasteiger partial charge on any atom is -0.334 e. The summed E-state index contributed by atoms with van der Waals surface area (Å²) < 4.78 is 0. The monoisotopic (exact) mass is 375 g/mol. The number of rotatable bonds is 4. The number of hydrogen-bond acceptors (Lipinski definition) is 3. The third-order valence-electron chi connectivity index (χ3n) is 5.21. The van der Waals surface area contributed by atoms with Gasteiger partial charge in [-0.25, -0.2) is 0 Å². The second-order valence-electron chi connectivity index (χ2n) is 6.64. The van der Waals surface area contributed by atoms with E-state index in [1.807, 2.05) is 47.5 Å². The lowest BCUT2D eigenvalue weighted by Gasteiger charge is -2.26. The zero-order valence-corrected chi connectivity index (χ0v) is 15.2. The van der Waals surface area contributed by atoms with Gasteiger partial charge in [0.05, 0.1) is 5.69 Å². The number of halogens is 2. The van der Waals surface area contributed by atoms with Gasteiger partial charge in [-0.05, 0) is 30.7 Å². The molecule has 0 saturated carbocycles. The first-order valence-corrected chi connectivity index (χ1v) is 9.25. The largest absolute Gasteiger partial charge is 0.334 e. The summed E-state index contributed by atoms with van der Waals surface area (Å²) >= 11 is 12.6. The minimum atomic E-state index is 0.178. The summed E-state index contributed by atoms with van der Waals surface area (Å²) in [6.07, 6.45) is 3.35. The molecular formula is C19H19Cl2N3O. The first kappa shape index (κ1) is 16.8. The molecular weight excluding hydrogens is 357 g/mol. The topological polar surface area (TPSA) is 36.4 Å². The van der Waals surface area contributed by atoms with E-state index in [4.69, 9.17) is 23.2 Å². The van der Waals surface area contributed by atoms with Crippen LogP contribution in [0.4, 0.5) is 0 Å². The highest BCUT2D eigenvalue weighted by atomic mass is 35.5. The third-order valence-corrected chi connectivity index (χ3v) is 5.92. The Labute approximate surface area is 157 Å². The van der Waals surface area contributed by atoms with E-state index in [-0.39, 0.29) is 18.0 Å². The molecule has 0 aliphatic carbocycles. The van der Waals surface area contributed by atoms with Crippen LogP contribution in [-0.4, -0.2) is 39.3 Å². The molecule has 0 unspecified atom stereocenters. The van der Waals surface area contributed by atoms with Crippen molar-refractivity contribution < 1.29 is 4.79 Å². The van der Waals surface area contributed by atoms with Crippen molar-refractivity contribution in [3.8, 4) is 0 Å². The molecule has 0 spiro atoms. The highest BCUT2D eigenvalue weighted by molar-refractivity contribution is 6.36. The summed E-state index contributed by atoms with van der Waals surface area (Å²) in [5.74, 6) is 0.178. The van der Waals surface area contributed by atoms with Crippen molar-refractivity contribution in [2.24, 2.45) is 0 Å². The lowest BCUT2D eigenvalue weighted by atomic mass is 10.1. The fourth-order valence-corrected chi connectivity index (χ4v) is 4.48. The number of amides is 1. The molecule has 2 saturated heterocycles. The number of likely N-dealkylation sites (tertiary alicyclic amines) is 2. The molecule has 0 radical (unpaired) electrons. The molecule has 25 heavy (non-hydrogen) atoms. The lowest BCUT2D eigenvalue weighted by Crippen LogP contribution is -2.37. The Bertz CT molecular complexity index is 763. The van der Waals surface area contributed by atoms with Gasteiger partial charge in [-0.15, -0.1) is 0 Å². The molecule has 2 fully saturated rings. The van der Waals surface area contributed by atoms with E-state index in [1.54, 1.807) is 0 Å². The number of carbonyl (C=O) groups is 1. The predicted molar refractivity (Wildman–Crippen MR) is 98.5 cm³/mol. The van der Waals surface area contributed by atoms with Gasteiger partial charge in [-0.2, -0.15) is 0 Å². The highest BCUT2D eigenvalue weighted by Gasteiger charge is 2.46. The molecule has 2 aromatic rings. The van der Waals surface area contributed by atoms with Crippen LogP contribution in [0.2, 0.25) is 10.0 Å². The van der Waals surface area contributed by atoms with Gasteiger partial charge in [-0.1, -0.05) is 35.3 Å². The maximum absolute atomic E-state index is 12.6. The Balaban J connectivity index is 1.51. The molecule has 0 N–H and O–H groups in total. The summed E-state index contributed by atoms with van der Waals surface area (Å²) in [7, 11) is 0. The molecule has 1 aromatic carbocycles. The number of hydrogen-bond donors (Lipinski definition) is 0. The lowest BCUT2D eigenvalue weighted by molar-refractivity contribution is -0.129. The molecule has 3 heterocycles. The van der Waals surface area contributed by atoms with Crippen LogP contribution in [0.5, 0.6) is 0 Å². The van der Waals surface area contributed by atoms with Crippen LogP contribution in [-0.2, 0) is 17.9 Å². The van der Waals surface area contributed by atoms with E-state index < -0.39 is 0 Å². The Kier molecular flexibility index (Phi) is 4.67. The Morgan fingerprint density at radius 1 is 1.04 bits per heavy atom. The fourth-order valence-electron chi connectivity index (χ4n) is 3.96. The summed E-state index contributed by atoms with van der Waals surface area (Å²) in [4.78, 5) is 21.3. The zero-order valence-electron chi connectivity index (χ0n) is 13.7. The van der Waals surface area contributed by atoms with Gasteiger partial charge in [0.15, 0.2) is 0 Å². The SMILES string of the molecule is O=C1C[C@H]2[C@H](CCN2Cc2ccccn2)N1Cc1c(Cl)cccc1Cl. The maximum atomic E-state index is 12.6. The second kappa shape index (κ2) is 6.94. The Morgan fingerprint density at radius 3 is 2.56 bits per heavy atom. The normalized spacial score (nSPS) is 23.3. The first-order valence-electron chi connectivity index (χ1n) is 8.50. The van der Waals surface area contributed by atoms with E-state index in [0.717, 1.165) is 30.8 Å². The average Bonchev–Trinajstić information content (AvgIpc) is 3.12. The van der Waals surface area contributed by atoms with Crippen molar-refractivity contribution in [2.45, 2.75) is 38.0 Å². The van der Waals surface area contributed by atoms with E-state index in [9.17, 15) is 4.79 Å². The van der Waals surface area contributed by atoms with Gasteiger partial charge >= 0.3 is 0 Å². The summed E-state index contributed by atoms with van der Waals surface area (Å²) in [6.45, 7) is 2.25. The van der Waals surface area contributed by atoms with Gasteiger partial charge in [0, 0.05) is 59.9 Å². The van der Waals surface area contributed by atoms with Crippen molar-refractivity contribution >= 4 is 29.1 Å². The molecule has 2 aliphatic rings.